The normalized spacial score (nSPS) is 15.8. The lowest BCUT2D eigenvalue weighted by molar-refractivity contribution is -0.143. The highest BCUT2D eigenvalue weighted by atomic mass is 19.3. The van der Waals surface area contributed by atoms with Gasteiger partial charge in [-0.3, -0.25) is 58.1 Å². The molecule has 0 aromatic carbocycles. The number of aromatic nitrogens is 4. The molecule has 0 unspecified atom stereocenters. The fourth-order valence-electron chi connectivity index (χ4n) is 8.06. The maximum Gasteiger partial charge on any atom is 0.337 e. The molecule has 4 aliphatic rings. The Balaban J connectivity index is 0.000000218. The molecule has 8 rings (SSSR count). The van der Waals surface area contributed by atoms with Crippen LogP contribution >= 0.6 is 0 Å². The molecule has 4 aromatic rings. The van der Waals surface area contributed by atoms with Gasteiger partial charge in [0.1, 0.15) is 29.4 Å². The van der Waals surface area contributed by atoms with E-state index in [2.05, 4.69) is 20.0 Å². The number of alkyl halides is 6. The van der Waals surface area contributed by atoms with Crippen LogP contribution in [0.15, 0.2) is 49.7 Å². The highest BCUT2D eigenvalue weighted by Crippen LogP contribution is 2.31. The fraction of sp³-hybridized carbons (Fsp3) is 0.596. The average Bonchev–Trinajstić information content (AvgIpc) is 3.22. The molecule has 3 N–H and O–H groups in total. The predicted octanol–water partition coefficient (Wildman–Crippen LogP) is 6.11. The number of nitrogens with one attached hydrogen (secondary N) is 3. The zero-order chi connectivity index (χ0) is 52.8. The first-order chi connectivity index (χ1) is 34.2. The van der Waals surface area contributed by atoms with Crippen molar-refractivity contribution in [3.05, 3.63) is 85.8 Å². The van der Waals surface area contributed by atoms with Crippen molar-refractivity contribution < 1.29 is 63.9 Å². The third-order valence-corrected chi connectivity index (χ3v) is 12.4. The van der Waals surface area contributed by atoms with Crippen molar-refractivity contribution in [2.45, 2.75) is 173 Å². The number of hydrogen-bond donors (Lipinski definition) is 3. The molecule has 20 nitrogen and oxygen atoms in total. The summed E-state index contributed by atoms with van der Waals surface area (Å²) in [5.74, 6) is -1.83. The molecule has 0 spiro atoms. The molecule has 4 fully saturated rings. The van der Waals surface area contributed by atoms with Crippen LogP contribution in [0.5, 0.6) is 0 Å². The molecule has 0 bridgehead atoms. The molecule has 1 saturated heterocycles. The number of Topliss-reactive ketones (excluding diaryl/α,β-unsaturated/α-hetero) is 1. The van der Waals surface area contributed by atoms with Gasteiger partial charge in [-0.15, -0.1) is 0 Å². The highest BCUT2D eigenvalue weighted by molar-refractivity contribution is 6.14. The number of fused-ring (bicyclic) bond motifs is 2. The van der Waals surface area contributed by atoms with Gasteiger partial charge in [0, 0.05) is 55.9 Å². The van der Waals surface area contributed by atoms with Crippen LogP contribution in [0.2, 0.25) is 0 Å². The Morgan fingerprint density at radius 3 is 1.41 bits per heavy atom. The highest BCUT2D eigenvalue weighted by Gasteiger charge is 2.38. The lowest BCUT2D eigenvalue weighted by atomic mass is 9.91. The Kier molecular flexibility index (Phi) is 21.9. The predicted molar refractivity (Wildman–Crippen MR) is 249 cm³/mol. The van der Waals surface area contributed by atoms with E-state index in [1.54, 1.807) is 0 Å². The largest absolute Gasteiger partial charge is 0.469 e. The molecule has 26 heteroatoms. The topological polar surface area (TPSA) is 280 Å². The zero-order valence-corrected chi connectivity index (χ0v) is 39.1. The lowest BCUT2D eigenvalue weighted by Crippen LogP contribution is -2.58. The summed E-state index contributed by atoms with van der Waals surface area (Å²) in [5, 5.41) is 2.34. The molecule has 3 saturated carbocycles. The van der Waals surface area contributed by atoms with E-state index in [1.807, 2.05) is 0 Å². The van der Waals surface area contributed by atoms with Crippen LogP contribution in [0.1, 0.15) is 146 Å². The monoisotopic (exact) mass is 1040 g/mol. The van der Waals surface area contributed by atoms with Gasteiger partial charge in [-0.2, -0.15) is 0 Å². The summed E-state index contributed by atoms with van der Waals surface area (Å²) in [4.78, 5) is 133. The van der Waals surface area contributed by atoms with Crippen LogP contribution in [-0.2, 0) is 36.8 Å². The number of halogens is 6. The van der Waals surface area contributed by atoms with Crippen molar-refractivity contribution in [1.29, 1.82) is 0 Å². The number of aryl methyl sites for hydroxylation is 2. The van der Waals surface area contributed by atoms with Crippen LogP contribution in [0, 0.1) is 0 Å². The number of hydrogen-bond acceptors (Lipinski definition) is 14. The third-order valence-electron chi connectivity index (χ3n) is 12.4. The van der Waals surface area contributed by atoms with Gasteiger partial charge in [0.15, 0.2) is 0 Å². The van der Waals surface area contributed by atoms with Gasteiger partial charge < -0.3 is 13.6 Å². The average molecular weight is 1040 g/mol. The second-order valence-corrected chi connectivity index (χ2v) is 17.5. The number of carbonyl (C=O) groups is 5. The van der Waals surface area contributed by atoms with E-state index in [-0.39, 0.29) is 130 Å². The van der Waals surface area contributed by atoms with E-state index in [9.17, 15) is 79.1 Å². The molecular formula is C47H58F6N6O14. The quantitative estimate of drug-likeness (QED) is 0.0612. The van der Waals surface area contributed by atoms with Crippen LogP contribution in [0.25, 0.3) is 22.2 Å². The molecule has 0 atom stereocenters. The number of H-pyrrole nitrogens is 2. The van der Waals surface area contributed by atoms with Crippen molar-refractivity contribution in [3.8, 4) is 0 Å². The summed E-state index contributed by atoms with van der Waals surface area (Å²) in [6.45, 7) is 0. The number of amides is 4. The molecule has 0 radical (unpaired) electrons. The Labute approximate surface area is 410 Å². The van der Waals surface area contributed by atoms with Crippen molar-refractivity contribution in [1.82, 2.24) is 29.3 Å². The van der Waals surface area contributed by atoms with Crippen molar-refractivity contribution >= 4 is 51.8 Å². The Morgan fingerprint density at radius 1 is 0.644 bits per heavy atom. The number of aromatic amines is 2. The van der Waals surface area contributed by atoms with Crippen LogP contribution in [-0.4, -0.2) is 86.0 Å². The van der Waals surface area contributed by atoms with Crippen LogP contribution < -0.4 is 39.1 Å². The first-order valence-corrected chi connectivity index (χ1v) is 23.4. The molecule has 4 amide bonds. The summed E-state index contributed by atoms with van der Waals surface area (Å²) in [6.07, 6.45) is -0.350. The number of ether oxygens (including phenoxy) is 1. The van der Waals surface area contributed by atoms with E-state index in [0.29, 0.717) is 11.1 Å². The van der Waals surface area contributed by atoms with E-state index < -0.39 is 70.9 Å². The molecule has 73 heavy (non-hydrogen) atoms. The summed E-state index contributed by atoms with van der Waals surface area (Å²) in [6, 6.07) is 1.44. The second-order valence-electron chi connectivity index (χ2n) is 17.5. The number of imide groups is 2. The Bertz CT molecular complexity index is 2800. The maximum absolute atomic E-state index is 12.6. The van der Waals surface area contributed by atoms with Crippen molar-refractivity contribution in [3.63, 3.8) is 0 Å². The van der Waals surface area contributed by atoms with Gasteiger partial charge in [0.2, 0.25) is 42.5 Å². The molecular weight excluding hydrogens is 987 g/mol. The van der Waals surface area contributed by atoms with Gasteiger partial charge in [-0.25, -0.2) is 50.3 Å². The summed E-state index contributed by atoms with van der Waals surface area (Å²) < 4.78 is 88.7. The van der Waals surface area contributed by atoms with Crippen LogP contribution in [0.3, 0.4) is 0 Å². The molecule has 1 aliphatic heterocycles. The molecule has 3 aliphatic carbocycles. The zero-order valence-electron chi connectivity index (χ0n) is 39.1. The summed E-state index contributed by atoms with van der Waals surface area (Å²) in [5.41, 5.74) is -3.40. The smallest absolute Gasteiger partial charge is 0.337 e. The minimum absolute atomic E-state index is 0. The fourth-order valence-corrected chi connectivity index (χ4v) is 8.06. The van der Waals surface area contributed by atoms with Gasteiger partial charge in [0.05, 0.1) is 7.11 Å². The minimum Gasteiger partial charge on any atom is -0.469 e. The first-order valence-electron chi connectivity index (χ1n) is 23.4. The van der Waals surface area contributed by atoms with E-state index in [4.69, 9.17) is 8.83 Å². The number of ketones is 1. The number of rotatable bonds is 17. The maximum atomic E-state index is 12.6. The van der Waals surface area contributed by atoms with Crippen LogP contribution in [0.4, 0.5) is 31.1 Å². The van der Waals surface area contributed by atoms with Gasteiger partial charge in [-0.05, 0) is 101 Å². The standard InChI is InChI=1S/2C15H16F2N2O4.C8H12F2O3.C8H10N2O3.CH4/c2*16-10(17)6-1-3-8-7-11(20)23-13-12(8)14(21)19(15(22)18-13)9-4-2-5-9;1-13-8(12)5-6(11)3-2-4-7(9)10;11-6-4-7(12)10(8(13)9-6)5-2-1-3-5;/h2*7,9-10H,1-6H2,(H,18,22);7H,2-5H2,1H3;5H,1-4H2,(H,9,11,13);1H4. The third kappa shape index (κ3) is 16.1. The summed E-state index contributed by atoms with van der Waals surface area (Å²) in [7, 11) is 1.18. The Hall–Kier alpha value is -6.89. The van der Waals surface area contributed by atoms with Gasteiger partial charge in [-0.1, -0.05) is 7.43 Å². The number of carbonyl (C=O) groups excluding carboxylic acids is 5. The Morgan fingerprint density at radius 2 is 1.05 bits per heavy atom. The number of methoxy groups -OCH3 is 1. The summed E-state index contributed by atoms with van der Waals surface area (Å²) >= 11 is 0. The van der Waals surface area contributed by atoms with E-state index in [0.717, 1.165) is 79.1 Å². The number of barbiturate groups is 1. The van der Waals surface area contributed by atoms with Gasteiger partial charge in [0.25, 0.3) is 11.1 Å². The molecule has 402 valence electrons. The first kappa shape index (κ1) is 58.7. The van der Waals surface area contributed by atoms with Gasteiger partial charge >= 0.3 is 34.6 Å². The van der Waals surface area contributed by atoms with E-state index >= 15 is 0 Å². The lowest BCUT2D eigenvalue weighted by Gasteiger charge is -2.37. The molecule has 5 heterocycles. The minimum atomic E-state index is -2.44. The second kappa shape index (κ2) is 27.2. The number of nitrogens with zero attached hydrogens (tertiary/aromatic N) is 3. The van der Waals surface area contributed by atoms with E-state index in [1.165, 1.54) is 12.0 Å². The number of esters is 1. The van der Waals surface area contributed by atoms with Crippen molar-refractivity contribution in [2.24, 2.45) is 0 Å². The van der Waals surface area contributed by atoms with Crippen molar-refractivity contribution in [2.75, 3.05) is 7.11 Å². The number of urea groups is 1. The SMILES string of the molecule is C.COC(=O)CC(=O)CCCC(F)F.O=C1CC(=O)N(C2CCC2)C(=O)N1.O=c1cc(CCCC(F)F)c2c(=O)n(C3CCC3)c(=O)[nH]c2o1.O=c1cc(CCCC(F)F)c2c(=O)n(C3CCC3)c(=O)[nH]c2o1. The molecule has 4 aromatic heterocycles.